The average Bonchev–Trinajstić information content (AvgIpc) is 2.43. The molecule has 0 heterocycles. The van der Waals surface area contributed by atoms with Crippen LogP contribution in [0.15, 0.2) is 24.3 Å². The van der Waals surface area contributed by atoms with E-state index in [0.717, 1.165) is 30.2 Å². The van der Waals surface area contributed by atoms with Crippen molar-refractivity contribution in [2.75, 3.05) is 6.54 Å². The third kappa shape index (κ3) is 1.86. The van der Waals surface area contributed by atoms with Crippen molar-refractivity contribution < 1.29 is 0 Å². The van der Waals surface area contributed by atoms with Crippen LogP contribution in [0.5, 0.6) is 0 Å². The fraction of sp³-hybridized carbons (Fsp3) is 0.684. The Balaban J connectivity index is 1.66. The minimum atomic E-state index is 0.523. The number of hydrogen-bond acceptors (Lipinski definition) is 1. The monoisotopic (exact) mass is 269 g/mol. The molecule has 0 aromatic heterocycles. The number of nitrogens with two attached hydrogens (primary N) is 1. The Kier molecular flexibility index (Phi) is 2.96. The first-order valence-corrected chi connectivity index (χ1v) is 8.47. The second kappa shape index (κ2) is 4.59. The van der Waals surface area contributed by atoms with Crippen molar-refractivity contribution in [3.05, 3.63) is 35.4 Å². The van der Waals surface area contributed by atoms with Gasteiger partial charge < -0.3 is 5.73 Å². The second-order valence-electron chi connectivity index (χ2n) is 7.86. The van der Waals surface area contributed by atoms with Crippen LogP contribution in [-0.2, 0) is 5.41 Å². The van der Waals surface area contributed by atoms with Gasteiger partial charge in [-0.25, -0.2) is 0 Å². The van der Waals surface area contributed by atoms with Crippen molar-refractivity contribution in [3.8, 4) is 0 Å². The van der Waals surface area contributed by atoms with Gasteiger partial charge in [0, 0.05) is 0 Å². The summed E-state index contributed by atoms with van der Waals surface area (Å²) in [4.78, 5) is 0. The Morgan fingerprint density at radius 1 is 1.05 bits per heavy atom. The first-order chi connectivity index (χ1) is 9.70. The Morgan fingerprint density at radius 3 is 2.30 bits per heavy atom. The van der Waals surface area contributed by atoms with Crippen LogP contribution in [0.1, 0.15) is 49.7 Å². The van der Waals surface area contributed by atoms with E-state index in [1.807, 2.05) is 0 Å². The highest BCUT2D eigenvalue weighted by atomic mass is 14.6. The molecule has 1 heteroatoms. The van der Waals surface area contributed by atoms with E-state index in [1.165, 1.54) is 44.1 Å². The molecular formula is C19H27N. The highest BCUT2D eigenvalue weighted by Gasteiger charge is 2.55. The van der Waals surface area contributed by atoms with E-state index >= 15 is 0 Å². The molecule has 5 rings (SSSR count). The van der Waals surface area contributed by atoms with Crippen LogP contribution in [0.4, 0.5) is 0 Å². The average molecular weight is 269 g/mol. The second-order valence-corrected chi connectivity index (χ2v) is 7.86. The van der Waals surface area contributed by atoms with Crippen LogP contribution >= 0.6 is 0 Å². The molecule has 4 aliphatic carbocycles. The van der Waals surface area contributed by atoms with Crippen molar-refractivity contribution >= 4 is 0 Å². The zero-order chi connectivity index (χ0) is 13.7. The van der Waals surface area contributed by atoms with Gasteiger partial charge in [-0.05, 0) is 86.6 Å². The standard InChI is InChI=1S/C19H27N/c1-13-2-4-17(5-3-13)19-10-14-8-15(11-19)18(6-7-20)16(9-14)12-19/h2-5,14-16,18H,6-12,20H2,1H3. The highest BCUT2D eigenvalue weighted by Crippen LogP contribution is 2.63. The molecule has 0 amide bonds. The van der Waals surface area contributed by atoms with Gasteiger partial charge in [0.25, 0.3) is 0 Å². The Morgan fingerprint density at radius 2 is 1.70 bits per heavy atom. The van der Waals surface area contributed by atoms with Crippen LogP contribution in [0.3, 0.4) is 0 Å². The molecule has 0 saturated heterocycles. The summed E-state index contributed by atoms with van der Waals surface area (Å²) in [6, 6.07) is 9.46. The van der Waals surface area contributed by atoms with Crippen molar-refractivity contribution in [3.63, 3.8) is 0 Å². The van der Waals surface area contributed by atoms with Gasteiger partial charge in [0.15, 0.2) is 0 Å². The van der Waals surface area contributed by atoms with Crippen molar-refractivity contribution in [1.82, 2.24) is 0 Å². The minimum absolute atomic E-state index is 0.523. The molecule has 0 radical (unpaired) electrons. The van der Waals surface area contributed by atoms with Crippen LogP contribution in [0.25, 0.3) is 0 Å². The quantitative estimate of drug-likeness (QED) is 0.880. The number of rotatable bonds is 3. The van der Waals surface area contributed by atoms with Gasteiger partial charge in [-0.15, -0.1) is 0 Å². The van der Waals surface area contributed by atoms with Gasteiger partial charge in [-0.3, -0.25) is 0 Å². The maximum absolute atomic E-state index is 5.87. The van der Waals surface area contributed by atoms with Crippen molar-refractivity contribution in [2.45, 2.75) is 50.9 Å². The predicted molar refractivity (Wildman–Crippen MR) is 83.6 cm³/mol. The van der Waals surface area contributed by atoms with Crippen LogP contribution < -0.4 is 5.73 Å². The normalized spacial score (nSPS) is 42.1. The van der Waals surface area contributed by atoms with Crippen LogP contribution in [0.2, 0.25) is 0 Å². The molecular weight excluding hydrogens is 242 g/mol. The molecule has 4 fully saturated rings. The van der Waals surface area contributed by atoms with Gasteiger partial charge in [-0.2, -0.15) is 0 Å². The number of hydrogen-bond donors (Lipinski definition) is 1. The molecule has 4 saturated carbocycles. The number of aryl methyl sites for hydroxylation is 1. The molecule has 1 nitrogen and oxygen atoms in total. The van der Waals surface area contributed by atoms with E-state index < -0.39 is 0 Å². The molecule has 0 spiro atoms. The van der Waals surface area contributed by atoms with Gasteiger partial charge in [0.05, 0.1) is 0 Å². The summed E-state index contributed by atoms with van der Waals surface area (Å²) in [5, 5.41) is 0. The third-order valence-corrected chi connectivity index (χ3v) is 6.63. The van der Waals surface area contributed by atoms with Gasteiger partial charge in [-0.1, -0.05) is 29.8 Å². The summed E-state index contributed by atoms with van der Waals surface area (Å²) < 4.78 is 0. The summed E-state index contributed by atoms with van der Waals surface area (Å²) in [7, 11) is 0. The van der Waals surface area contributed by atoms with Gasteiger partial charge in [0.2, 0.25) is 0 Å². The van der Waals surface area contributed by atoms with Crippen molar-refractivity contribution in [1.29, 1.82) is 0 Å². The smallest absolute Gasteiger partial charge is 0.00389 e. The van der Waals surface area contributed by atoms with Crippen LogP contribution in [0, 0.1) is 30.6 Å². The van der Waals surface area contributed by atoms with Crippen molar-refractivity contribution in [2.24, 2.45) is 29.4 Å². The minimum Gasteiger partial charge on any atom is -0.330 e. The summed E-state index contributed by atoms with van der Waals surface area (Å²) in [6.07, 6.45) is 8.59. The zero-order valence-electron chi connectivity index (χ0n) is 12.6. The lowest BCUT2D eigenvalue weighted by atomic mass is 9.44. The first-order valence-electron chi connectivity index (χ1n) is 8.47. The predicted octanol–water partition coefficient (Wildman–Crippen LogP) is 4.04. The Hall–Kier alpha value is -0.820. The Labute approximate surface area is 122 Å². The topological polar surface area (TPSA) is 26.0 Å². The lowest BCUT2D eigenvalue weighted by molar-refractivity contribution is -0.0581. The van der Waals surface area contributed by atoms with E-state index in [1.54, 1.807) is 5.56 Å². The summed E-state index contributed by atoms with van der Waals surface area (Å²) in [5.74, 6) is 3.87. The van der Waals surface area contributed by atoms with Gasteiger partial charge in [0.1, 0.15) is 0 Å². The molecule has 20 heavy (non-hydrogen) atoms. The molecule has 2 atom stereocenters. The highest BCUT2D eigenvalue weighted by molar-refractivity contribution is 5.32. The summed E-state index contributed by atoms with van der Waals surface area (Å²) >= 11 is 0. The number of benzene rings is 1. The van der Waals surface area contributed by atoms with E-state index in [2.05, 4.69) is 31.2 Å². The van der Waals surface area contributed by atoms with E-state index in [9.17, 15) is 0 Å². The SMILES string of the molecule is Cc1ccc(C23CC4CC(C2)C(CCN)C(C4)C3)cc1. The third-order valence-electron chi connectivity index (χ3n) is 6.63. The largest absolute Gasteiger partial charge is 0.330 e. The zero-order valence-corrected chi connectivity index (χ0v) is 12.6. The molecule has 0 aliphatic heterocycles. The Bertz CT molecular complexity index is 473. The van der Waals surface area contributed by atoms with E-state index in [0.29, 0.717) is 5.41 Å². The molecule has 4 bridgehead atoms. The lowest BCUT2D eigenvalue weighted by Gasteiger charge is -2.60. The van der Waals surface area contributed by atoms with Crippen LogP contribution in [-0.4, -0.2) is 6.54 Å². The molecule has 2 N–H and O–H groups in total. The lowest BCUT2D eigenvalue weighted by Crippen LogP contribution is -2.53. The fourth-order valence-corrected chi connectivity index (χ4v) is 6.05. The maximum atomic E-state index is 5.87. The molecule has 108 valence electrons. The maximum Gasteiger partial charge on any atom is -0.00389 e. The van der Waals surface area contributed by atoms with E-state index in [4.69, 9.17) is 5.73 Å². The molecule has 2 unspecified atom stereocenters. The summed E-state index contributed by atoms with van der Waals surface area (Å²) in [5.41, 5.74) is 9.41. The van der Waals surface area contributed by atoms with Gasteiger partial charge >= 0.3 is 0 Å². The first kappa shape index (κ1) is 12.9. The molecule has 4 aliphatic rings. The summed E-state index contributed by atoms with van der Waals surface area (Å²) in [6.45, 7) is 3.08. The molecule has 1 aromatic rings. The molecule has 1 aromatic carbocycles. The fourth-order valence-electron chi connectivity index (χ4n) is 6.05. The van der Waals surface area contributed by atoms with E-state index in [-0.39, 0.29) is 0 Å².